The third kappa shape index (κ3) is 5.67. The molecule has 0 radical (unpaired) electrons. The van der Waals surface area contributed by atoms with E-state index in [1.165, 1.54) is 19.2 Å². The van der Waals surface area contributed by atoms with Gasteiger partial charge in [0.15, 0.2) is 0 Å². The molecule has 0 bridgehead atoms. The van der Waals surface area contributed by atoms with Gasteiger partial charge in [-0.05, 0) is 54.7 Å². The monoisotopic (exact) mass is 556 g/mol. The number of likely N-dealkylation sites (tertiary alicyclic amines) is 1. The molecule has 1 aromatic heterocycles. The summed E-state index contributed by atoms with van der Waals surface area (Å²) >= 11 is 13.2. The standard InChI is InChI=1S/C26H25Cl2F3N2O4/c1-14-10-17(37-26(29,30)31)12-21-22(14)16(13-32(21)2)11-19-20(27)5-4-18(23(19)28)24(34)33-8-6-15(7-9-33)25(35)36-3/h4-5,10,12-13,15H,6-9,11H2,1-3H3. The Kier molecular flexibility index (Phi) is 7.67. The van der Waals surface area contributed by atoms with E-state index in [1.54, 1.807) is 41.8 Å². The number of ether oxygens (including phenoxy) is 2. The molecule has 4 rings (SSSR count). The summed E-state index contributed by atoms with van der Waals surface area (Å²) in [6.45, 7) is 2.51. The van der Waals surface area contributed by atoms with Crippen LogP contribution < -0.4 is 4.74 Å². The molecule has 1 saturated heterocycles. The van der Waals surface area contributed by atoms with Crippen molar-refractivity contribution in [1.82, 2.24) is 9.47 Å². The maximum Gasteiger partial charge on any atom is 0.573 e. The fourth-order valence-electron chi connectivity index (χ4n) is 4.90. The predicted octanol–water partition coefficient (Wildman–Crippen LogP) is 6.31. The van der Waals surface area contributed by atoms with Crippen LogP contribution in [0, 0.1) is 12.8 Å². The zero-order chi connectivity index (χ0) is 27.1. The van der Waals surface area contributed by atoms with Crippen LogP contribution in [0.25, 0.3) is 10.9 Å². The zero-order valence-electron chi connectivity index (χ0n) is 20.4. The zero-order valence-corrected chi connectivity index (χ0v) is 21.9. The minimum absolute atomic E-state index is 0.222. The molecule has 0 N–H and O–H groups in total. The lowest BCUT2D eigenvalue weighted by Gasteiger charge is -2.31. The minimum atomic E-state index is -4.79. The van der Waals surface area contributed by atoms with Gasteiger partial charge < -0.3 is 18.9 Å². The van der Waals surface area contributed by atoms with Crippen LogP contribution in [0.4, 0.5) is 13.2 Å². The normalized spacial score (nSPS) is 14.8. The molecule has 2 aromatic carbocycles. The van der Waals surface area contributed by atoms with Crippen molar-refractivity contribution < 1.29 is 32.2 Å². The number of piperidine rings is 1. The van der Waals surface area contributed by atoms with Crippen LogP contribution in [-0.4, -0.2) is 47.9 Å². The average molecular weight is 557 g/mol. The summed E-state index contributed by atoms with van der Waals surface area (Å²) in [5.41, 5.74) is 2.79. The van der Waals surface area contributed by atoms with Crippen molar-refractivity contribution in [3.05, 3.63) is 62.8 Å². The first-order valence-electron chi connectivity index (χ1n) is 11.6. The van der Waals surface area contributed by atoms with Gasteiger partial charge in [0, 0.05) is 49.2 Å². The van der Waals surface area contributed by atoms with Crippen molar-refractivity contribution in [3.8, 4) is 5.75 Å². The Hall–Kier alpha value is -2.91. The second kappa shape index (κ2) is 10.5. The number of fused-ring (bicyclic) bond motifs is 1. The lowest BCUT2D eigenvalue weighted by molar-refractivity contribution is -0.274. The molecule has 0 aliphatic carbocycles. The molecule has 1 amide bonds. The molecule has 0 spiro atoms. The summed E-state index contributed by atoms with van der Waals surface area (Å²) in [5, 5.41) is 1.35. The van der Waals surface area contributed by atoms with Crippen LogP contribution in [0.1, 0.15) is 39.9 Å². The maximum atomic E-state index is 13.3. The first kappa shape index (κ1) is 27.1. The molecule has 0 saturated carbocycles. The fourth-order valence-corrected chi connectivity index (χ4v) is 5.48. The molecule has 0 unspecified atom stereocenters. The number of benzene rings is 2. The number of carbonyl (C=O) groups is 2. The maximum absolute atomic E-state index is 13.3. The number of hydrogen-bond donors (Lipinski definition) is 0. The second-order valence-electron chi connectivity index (χ2n) is 9.10. The number of aromatic nitrogens is 1. The van der Waals surface area contributed by atoms with E-state index < -0.39 is 6.36 Å². The number of esters is 1. The molecule has 1 aliphatic rings. The van der Waals surface area contributed by atoms with Crippen molar-refractivity contribution in [3.63, 3.8) is 0 Å². The summed E-state index contributed by atoms with van der Waals surface area (Å²) in [7, 11) is 3.07. The van der Waals surface area contributed by atoms with Crippen LogP contribution in [-0.2, 0) is 23.0 Å². The summed E-state index contributed by atoms with van der Waals surface area (Å²) in [5.74, 6) is -1.07. The van der Waals surface area contributed by atoms with Crippen LogP contribution in [0.5, 0.6) is 5.75 Å². The van der Waals surface area contributed by atoms with E-state index in [0.29, 0.717) is 53.2 Å². The highest BCUT2D eigenvalue weighted by atomic mass is 35.5. The van der Waals surface area contributed by atoms with Crippen molar-refractivity contribution in [1.29, 1.82) is 0 Å². The van der Waals surface area contributed by atoms with Gasteiger partial charge in [0.2, 0.25) is 0 Å². The van der Waals surface area contributed by atoms with Gasteiger partial charge in [-0.3, -0.25) is 9.59 Å². The van der Waals surface area contributed by atoms with E-state index in [1.807, 2.05) is 0 Å². The van der Waals surface area contributed by atoms with Crippen molar-refractivity contribution in [2.45, 2.75) is 32.5 Å². The van der Waals surface area contributed by atoms with Crippen molar-refractivity contribution in [2.75, 3.05) is 20.2 Å². The van der Waals surface area contributed by atoms with Gasteiger partial charge in [-0.1, -0.05) is 23.2 Å². The lowest BCUT2D eigenvalue weighted by Crippen LogP contribution is -2.40. The number of alkyl halides is 3. The lowest BCUT2D eigenvalue weighted by atomic mass is 9.96. The Bertz CT molecular complexity index is 1360. The van der Waals surface area contributed by atoms with Crippen LogP contribution in [0.2, 0.25) is 10.0 Å². The van der Waals surface area contributed by atoms with E-state index >= 15 is 0 Å². The molecule has 1 fully saturated rings. The third-order valence-electron chi connectivity index (χ3n) is 6.67. The highest BCUT2D eigenvalue weighted by Crippen LogP contribution is 2.36. The molecule has 3 aromatic rings. The van der Waals surface area contributed by atoms with Gasteiger partial charge >= 0.3 is 12.3 Å². The van der Waals surface area contributed by atoms with Crippen LogP contribution >= 0.6 is 23.2 Å². The first-order valence-corrected chi connectivity index (χ1v) is 12.3. The number of nitrogens with zero attached hydrogens (tertiary/aromatic N) is 2. The van der Waals surface area contributed by atoms with Crippen LogP contribution in [0.15, 0.2) is 30.5 Å². The SMILES string of the molecule is COC(=O)C1CCN(C(=O)c2ccc(Cl)c(Cc3cn(C)c4cc(OC(F)(F)F)cc(C)c34)c2Cl)CC1. The van der Waals surface area contributed by atoms with Gasteiger partial charge in [0.25, 0.3) is 5.91 Å². The smallest absolute Gasteiger partial charge is 0.469 e. The molecule has 6 nitrogen and oxygen atoms in total. The van der Waals surface area contributed by atoms with E-state index in [0.717, 1.165) is 10.9 Å². The number of halogens is 5. The summed E-state index contributed by atoms with van der Waals surface area (Å²) in [4.78, 5) is 26.7. The van der Waals surface area contributed by atoms with Gasteiger partial charge in [0.1, 0.15) is 5.75 Å². The number of carbonyl (C=O) groups excluding carboxylic acids is 2. The quantitative estimate of drug-likeness (QED) is 0.345. The van der Waals surface area contributed by atoms with E-state index in [-0.39, 0.29) is 35.0 Å². The molecule has 2 heterocycles. The molecule has 37 heavy (non-hydrogen) atoms. The van der Waals surface area contributed by atoms with Gasteiger partial charge in [-0.15, -0.1) is 13.2 Å². The number of hydrogen-bond acceptors (Lipinski definition) is 4. The number of rotatable bonds is 5. The van der Waals surface area contributed by atoms with Gasteiger partial charge in [-0.2, -0.15) is 0 Å². The third-order valence-corrected chi connectivity index (χ3v) is 7.46. The van der Waals surface area contributed by atoms with Gasteiger partial charge in [0.05, 0.1) is 29.1 Å². The van der Waals surface area contributed by atoms with E-state index in [4.69, 9.17) is 27.9 Å². The number of aryl methyl sites for hydroxylation is 2. The largest absolute Gasteiger partial charge is 0.573 e. The Balaban J connectivity index is 1.63. The number of amides is 1. The summed E-state index contributed by atoms with van der Waals surface area (Å²) in [6, 6.07) is 5.86. The Morgan fingerprint density at radius 2 is 1.81 bits per heavy atom. The van der Waals surface area contributed by atoms with Gasteiger partial charge in [-0.25, -0.2) is 0 Å². The highest BCUT2D eigenvalue weighted by molar-refractivity contribution is 6.38. The second-order valence-corrected chi connectivity index (χ2v) is 9.89. The van der Waals surface area contributed by atoms with E-state index in [9.17, 15) is 22.8 Å². The molecular formula is C26H25Cl2F3N2O4. The Labute approximate surface area is 221 Å². The Morgan fingerprint density at radius 1 is 1.14 bits per heavy atom. The molecular weight excluding hydrogens is 532 g/mol. The predicted molar refractivity (Wildman–Crippen MR) is 134 cm³/mol. The first-order chi connectivity index (χ1) is 17.4. The highest BCUT2D eigenvalue weighted by Gasteiger charge is 2.32. The van der Waals surface area contributed by atoms with Crippen LogP contribution in [0.3, 0.4) is 0 Å². The molecule has 1 aliphatic heterocycles. The fraction of sp³-hybridized carbons (Fsp3) is 0.385. The number of methoxy groups -OCH3 is 1. The Morgan fingerprint density at radius 3 is 2.43 bits per heavy atom. The van der Waals surface area contributed by atoms with Crippen molar-refractivity contribution in [2.24, 2.45) is 13.0 Å². The van der Waals surface area contributed by atoms with E-state index in [2.05, 4.69) is 4.74 Å². The average Bonchev–Trinajstić information content (AvgIpc) is 3.15. The minimum Gasteiger partial charge on any atom is -0.469 e. The summed E-state index contributed by atoms with van der Waals surface area (Å²) < 4.78 is 48.9. The molecule has 198 valence electrons. The molecule has 0 atom stereocenters. The topological polar surface area (TPSA) is 60.8 Å². The van der Waals surface area contributed by atoms with Crippen molar-refractivity contribution >= 4 is 46.0 Å². The summed E-state index contributed by atoms with van der Waals surface area (Å²) in [6.07, 6.45) is -1.72. The molecule has 11 heteroatoms.